The van der Waals surface area contributed by atoms with Crippen LogP contribution in [0.25, 0.3) is 0 Å². The first-order valence-electron chi connectivity index (χ1n) is 8.62. The first-order valence-corrected chi connectivity index (χ1v) is 8.62. The van der Waals surface area contributed by atoms with Gasteiger partial charge in [0, 0.05) is 37.7 Å². The van der Waals surface area contributed by atoms with Crippen molar-refractivity contribution in [2.24, 2.45) is 5.92 Å². The average Bonchev–Trinajstić information content (AvgIpc) is 2.73. The zero-order valence-electron chi connectivity index (χ0n) is 13.8. The highest BCUT2D eigenvalue weighted by atomic mass is 16.5. The Morgan fingerprint density at radius 2 is 2.22 bits per heavy atom. The molecule has 1 aromatic rings. The number of hydrogen-bond acceptors (Lipinski definition) is 3. The zero-order valence-corrected chi connectivity index (χ0v) is 13.8. The summed E-state index contributed by atoms with van der Waals surface area (Å²) in [5.74, 6) is 1.35. The van der Waals surface area contributed by atoms with E-state index in [9.17, 15) is 4.79 Å². The monoisotopic (exact) mass is 314 g/mol. The number of hydrogen-bond donors (Lipinski definition) is 1. The SMILES string of the molecule is C[C@@H]1CN(CCNC(=O)[C@H]2CC=CCC2)Cc2ccccc2O1. The Kier molecular flexibility index (Phi) is 5.34. The lowest BCUT2D eigenvalue weighted by atomic mass is 9.94. The number of fused-ring (bicyclic) bond motifs is 1. The minimum Gasteiger partial charge on any atom is -0.489 e. The summed E-state index contributed by atoms with van der Waals surface area (Å²) in [7, 11) is 0. The summed E-state index contributed by atoms with van der Waals surface area (Å²) < 4.78 is 5.97. The van der Waals surface area contributed by atoms with Crippen molar-refractivity contribution in [2.75, 3.05) is 19.6 Å². The van der Waals surface area contributed by atoms with Gasteiger partial charge < -0.3 is 10.1 Å². The van der Waals surface area contributed by atoms with E-state index < -0.39 is 0 Å². The summed E-state index contributed by atoms with van der Waals surface area (Å²) in [5, 5.41) is 3.10. The molecule has 3 rings (SSSR count). The fourth-order valence-electron chi connectivity index (χ4n) is 3.36. The van der Waals surface area contributed by atoms with E-state index in [0.717, 1.165) is 44.6 Å². The molecule has 0 spiro atoms. The van der Waals surface area contributed by atoms with Crippen LogP contribution in [-0.2, 0) is 11.3 Å². The summed E-state index contributed by atoms with van der Waals surface area (Å²) >= 11 is 0. The van der Waals surface area contributed by atoms with Gasteiger partial charge in [-0.25, -0.2) is 0 Å². The average molecular weight is 314 g/mol. The normalized spacial score (nSPS) is 24.4. The molecule has 2 atom stereocenters. The molecule has 23 heavy (non-hydrogen) atoms. The molecule has 4 heteroatoms. The number of allylic oxidation sites excluding steroid dienone is 2. The molecule has 1 aromatic carbocycles. The van der Waals surface area contributed by atoms with E-state index in [1.54, 1.807) is 0 Å². The van der Waals surface area contributed by atoms with Crippen LogP contribution < -0.4 is 10.1 Å². The van der Waals surface area contributed by atoms with Gasteiger partial charge in [0.25, 0.3) is 0 Å². The minimum atomic E-state index is 0.159. The number of carbonyl (C=O) groups is 1. The summed E-state index contributed by atoms with van der Waals surface area (Å²) in [4.78, 5) is 14.5. The van der Waals surface area contributed by atoms with E-state index in [4.69, 9.17) is 4.74 Å². The van der Waals surface area contributed by atoms with Gasteiger partial charge >= 0.3 is 0 Å². The van der Waals surface area contributed by atoms with E-state index in [1.807, 2.05) is 12.1 Å². The van der Waals surface area contributed by atoms with Crippen LogP contribution in [0, 0.1) is 5.92 Å². The molecule has 1 heterocycles. The second-order valence-electron chi connectivity index (χ2n) is 6.54. The zero-order chi connectivity index (χ0) is 16.1. The quantitative estimate of drug-likeness (QED) is 0.869. The third kappa shape index (κ3) is 4.35. The molecule has 1 N–H and O–H groups in total. The predicted molar refractivity (Wildman–Crippen MR) is 91.3 cm³/mol. The van der Waals surface area contributed by atoms with Crippen LogP contribution >= 0.6 is 0 Å². The van der Waals surface area contributed by atoms with Crippen molar-refractivity contribution >= 4 is 5.91 Å². The van der Waals surface area contributed by atoms with Gasteiger partial charge in [0.2, 0.25) is 5.91 Å². The molecule has 0 saturated heterocycles. The molecular weight excluding hydrogens is 288 g/mol. The number of amides is 1. The molecule has 124 valence electrons. The van der Waals surface area contributed by atoms with Gasteiger partial charge in [-0.3, -0.25) is 9.69 Å². The maximum absolute atomic E-state index is 12.2. The second-order valence-corrected chi connectivity index (χ2v) is 6.54. The number of rotatable bonds is 4. The third-order valence-corrected chi connectivity index (χ3v) is 4.58. The highest BCUT2D eigenvalue weighted by Gasteiger charge is 2.21. The first kappa shape index (κ1) is 16.1. The summed E-state index contributed by atoms with van der Waals surface area (Å²) in [6, 6.07) is 8.22. The highest BCUT2D eigenvalue weighted by Crippen LogP contribution is 2.24. The molecule has 0 bridgehead atoms. The van der Waals surface area contributed by atoms with Crippen LogP contribution in [0.2, 0.25) is 0 Å². The molecule has 1 aliphatic heterocycles. The van der Waals surface area contributed by atoms with Gasteiger partial charge in [0.15, 0.2) is 0 Å². The smallest absolute Gasteiger partial charge is 0.223 e. The van der Waals surface area contributed by atoms with Crippen molar-refractivity contribution in [2.45, 2.75) is 38.8 Å². The molecule has 0 fully saturated rings. The van der Waals surface area contributed by atoms with Gasteiger partial charge in [-0.2, -0.15) is 0 Å². The van der Waals surface area contributed by atoms with Crippen LogP contribution in [0.1, 0.15) is 31.7 Å². The number of nitrogens with zero attached hydrogens (tertiary/aromatic N) is 1. The minimum absolute atomic E-state index is 0.159. The molecule has 2 aliphatic rings. The van der Waals surface area contributed by atoms with E-state index >= 15 is 0 Å². The Morgan fingerprint density at radius 3 is 3.04 bits per heavy atom. The summed E-state index contributed by atoms with van der Waals surface area (Å²) in [5.41, 5.74) is 1.22. The number of benzene rings is 1. The van der Waals surface area contributed by atoms with Gasteiger partial charge in [0.05, 0.1) is 0 Å². The third-order valence-electron chi connectivity index (χ3n) is 4.58. The predicted octanol–water partition coefficient (Wildman–Crippen LogP) is 2.74. The lowest BCUT2D eigenvalue weighted by Crippen LogP contribution is -2.39. The lowest BCUT2D eigenvalue weighted by Gasteiger charge is -2.23. The van der Waals surface area contributed by atoms with Crippen LogP contribution in [-0.4, -0.2) is 36.5 Å². The number of nitrogens with one attached hydrogen (secondary N) is 1. The maximum atomic E-state index is 12.2. The van der Waals surface area contributed by atoms with Crippen LogP contribution in [0.3, 0.4) is 0 Å². The Hall–Kier alpha value is -1.81. The molecule has 0 aromatic heterocycles. The Bertz CT molecular complexity index is 570. The van der Waals surface area contributed by atoms with Gasteiger partial charge in [0.1, 0.15) is 11.9 Å². The van der Waals surface area contributed by atoms with Gasteiger partial charge in [-0.15, -0.1) is 0 Å². The van der Waals surface area contributed by atoms with Crippen molar-refractivity contribution in [1.29, 1.82) is 0 Å². The molecule has 0 radical (unpaired) electrons. The maximum Gasteiger partial charge on any atom is 0.223 e. The molecule has 1 aliphatic carbocycles. The molecule has 0 saturated carbocycles. The van der Waals surface area contributed by atoms with Gasteiger partial charge in [-0.05, 0) is 32.3 Å². The molecule has 4 nitrogen and oxygen atoms in total. The Labute approximate surface area is 138 Å². The second kappa shape index (κ2) is 7.64. The number of ether oxygens (including phenoxy) is 1. The molecule has 1 amide bonds. The van der Waals surface area contributed by atoms with Crippen LogP contribution in [0.4, 0.5) is 0 Å². The Balaban J connectivity index is 1.50. The van der Waals surface area contributed by atoms with E-state index in [0.29, 0.717) is 6.54 Å². The van der Waals surface area contributed by atoms with E-state index in [-0.39, 0.29) is 17.9 Å². The van der Waals surface area contributed by atoms with Crippen molar-refractivity contribution < 1.29 is 9.53 Å². The lowest BCUT2D eigenvalue weighted by molar-refractivity contribution is -0.125. The van der Waals surface area contributed by atoms with Crippen molar-refractivity contribution in [3.63, 3.8) is 0 Å². The molecular formula is C19H26N2O2. The van der Waals surface area contributed by atoms with Crippen LogP contribution in [0.15, 0.2) is 36.4 Å². The summed E-state index contributed by atoms with van der Waals surface area (Å²) in [6.45, 7) is 5.42. The number of carbonyl (C=O) groups excluding carboxylic acids is 1. The van der Waals surface area contributed by atoms with Crippen molar-refractivity contribution in [1.82, 2.24) is 10.2 Å². The van der Waals surface area contributed by atoms with Crippen molar-refractivity contribution in [3.05, 3.63) is 42.0 Å². The standard InChI is InChI=1S/C19H26N2O2/c1-15-13-21(14-17-9-5-6-10-18(17)23-15)12-11-20-19(22)16-7-3-2-4-8-16/h2-3,5-6,9-10,15-16H,4,7-8,11-14H2,1H3,(H,20,22)/t15-,16+/m1/s1. The largest absolute Gasteiger partial charge is 0.489 e. The first-order chi connectivity index (χ1) is 11.2. The number of para-hydroxylation sites is 1. The van der Waals surface area contributed by atoms with Crippen molar-refractivity contribution in [3.8, 4) is 5.75 Å². The van der Waals surface area contributed by atoms with Gasteiger partial charge in [-0.1, -0.05) is 30.4 Å². The fraction of sp³-hybridized carbons (Fsp3) is 0.526. The topological polar surface area (TPSA) is 41.6 Å². The highest BCUT2D eigenvalue weighted by molar-refractivity contribution is 5.78. The van der Waals surface area contributed by atoms with E-state index in [1.165, 1.54) is 5.56 Å². The fourth-order valence-corrected chi connectivity index (χ4v) is 3.36. The molecule has 0 unspecified atom stereocenters. The van der Waals surface area contributed by atoms with Crippen LogP contribution in [0.5, 0.6) is 5.75 Å². The van der Waals surface area contributed by atoms with E-state index in [2.05, 4.69) is 41.4 Å². The summed E-state index contributed by atoms with van der Waals surface area (Å²) in [6.07, 6.45) is 7.34. The Morgan fingerprint density at radius 1 is 1.35 bits per heavy atom.